The summed E-state index contributed by atoms with van der Waals surface area (Å²) in [5.74, 6) is 0.696. The minimum absolute atomic E-state index is 0.109. The lowest BCUT2D eigenvalue weighted by Gasteiger charge is -2.16. The Bertz CT molecular complexity index is 916. The molecule has 6 heteroatoms. The number of hydrogen-bond acceptors (Lipinski definition) is 4. The van der Waals surface area contributed by atoms with Gasteiger partial charge in [0.05, 0.1) is 29.0 Å². The highest BCUT2D eigenvalue weighted by molar-refractivity contribution is 6.23. The Hall–Kier alpha value is -3.05. The average molecular weight is 384 g/mol. The first kappa shape index (κ1) is 18.7. The molecule has 1 unspecified atom stereocenters. The Balaban J connectivity index is 1.96. The number of rotatable bonds is 7. The molecule has 0 saturated heterocycles. The van der Waals surface area contributed by atoms with Crippen LogP contribution in [0.2, 0.25) is 0 Å². The zero-order valence-electron chi connectivity index (χ0n) is 14.7. The number of nitro benzene ring substituents is 1. The maximum absolute atomic E-state index is 11.6. The summed E-state index contributed by atoms with van der Waals surface area (Å²) in [6.07, 6.45) is 0. The van der Waals surface area contributed by atoms with E-state index in [0.717, 1.165) is 11.1 Å². The van der Waals surface area contributed by atoms with Gasteiger partial charge in [-0.05, 0) is 17.2 Å². The third-order valence-corrected chi connectivity index (χ3v) is 4.60. The molecule has 0 aliphatic rings. The van der Waals surface area contributed by atoms with Crippen molar-refractivity contribution in [1.29, 1.82) is 0 Å². The molecule has 0 fully saturated rings. The Labute approximate surface area is 162 Å². The third-order valence-electron chi connectivity index (χ3n) is 4.11. The zero-order valence-corrected chi connectivity index (χ0v) is 15.4. The van der Waals surface area contributed by atoms with Crippen molar-refractivity contribution in [3.8, 4) is 11.5 Å². The number of hydrogen-bond donors (Lipinski definition) is 0. The van der Waals surface area contributed by atoms with E-state index in [1.54, 1.807) is 6.07 Å². The van der Waals surface area contributed by atoms with Crippen molar-refractivity contribution in [2.75, 3.05) is 7.11 Å². The van der Waals surface area contributed by atoms with E-state index in [0.29, 0.717) is 17.1 Å². The Morgan fingerprint density at radius 2 is 1.63 bits per heavy atom. The zero-order chi connectivity index (χ0) is 19.2. The fourth-order valence-corrected chi connectivity index (χ4v) is 3.06. The summed E-state index contributed by atoms with van der Waals surface area (Å²) in [7, 11) is 1.49. The van der Waals surface area contributed by atoms with Crippen LogP contribution in [0, 0.1) is 10.1 Å². The van der Waals surface area contributed by atoms with Crippen LogP contribution in [0.4, 0.5) is 5.69 Å². The fourth-order valence-electron chi connectivity index (χ4n) is 2.74. The molecule has 0 aliphatic carbocycles. The van der Waals surface area contributed by atoms with Crippen molar-refractivity contribution in [2.45, 2.75) is 12.0 Å². The lowest BCUT2D eigenvalue weighted by Crippen LogP contribution is -2.04. The number of nitro groups is 1. The van der Waals surface area contributed by atoms with E-state index >= 15 is 0 Å². The lowest BCUT2D eigenvalue weighted by molar-refractivity contribution is -0.385. The van der Waals surface area contributed by atoms with E-state index in [2.05, 4.69) is 0 Å². The first-order chi connectivity index (χ1) is 13.1. The van der Waals surface area contributed by atoms with Crippen LogP contribution in [0.5, 0.6) is 11.5 Å². The van der Waals surface area contributed by atoms with Crippen LogP contribution in [0.1, 0.15) is 22.1 Å². The van der Waals surface area contributed by atoms with E-state index < -0.39 is 10.3 Å². The number of methoxy groups -OCH3 is 1. The van der Waals surface area contributed by atoms with Gasteiger partial charge in [-0.25, -0.2) is 0 Å². The normalized spacial score (nSPS) is 11.6. The molecule has 0 saturated carbocycles. The van der Waals surface area contributed by atoms with Crippen LogP contribution in [0.25, 0.3) is 0 Å². The first-order valence-corrected chi connectivity index (χ1v) is 8.76. The summed E-state index contributed by atoms with van der Waals surface area (Å²) in [5.41, 5.74) is 1.97. The number of alkyl halides is 1. The highest BCUT2D eigenvalue weighted by Gasteiger charge is 2.25. The summed E-state index contributed by atoms with van der Waals surface area (Å²) in [5, 5.41) is 11.0. The molecule has 0 heterocycles. The van der Waals surface area contributed by atoms with Gasteiger partial charge in [0.15, 0.2) is 11.5 Å². The first-order valence-electron chi connectivity index (χ1n) is 8.32. The summed E-state index contributed by atoms with van der Waals surface area (Å²) in [4.78, 5) is 11.2. The molecule has 138 valence electrons. The van der Waals surface area contributed by atoms with E-state index in [-0.39, 0.29) is 12.3 Å². The highest BCUT2D eigenvalue weighted by Crippen LogP contribution is 2.42. The second kappa shape index (κ2) is 8.56. The minimum atomic E-state index is -0.677. The summed E-state index contributed by atoms with van der Waals surface area (Å²) in [6, 6.07) is 21.7. The number of nitrogens with zero attached hydrogens (tertiary/aromatic N) is 1. The predicted octanol–water partition coefficient (Wildman–Crippen LogP) is 5.51. The van der Waals surface area contributed by atoms with Gasteiger partial charge < -0.3 is 9.47 Å². The van der Waals surface area contributed by atoms with Gasteiger partial charge in [0, 0.05) is 0 Å². The molecule has 3 aromatic rings. The van der Waals surface area contributed by atoms with E-state index in [9.17, 15) is 10.1 Å². The van der Waals surface area contributed by atoms with Gasteiger partial charge >= 0.3 is 0 Å². The third kappa shape index (κ3) is 4.38. The van der Waals surface area contributed by atoms with Crippen LogP contribution in [-0.2, 0) is 6.61 Å². The van der Waals surface area contributed by atoms with Gasteiger partial charge in [0.2, 0.25) is 0 Å². The highest BCUT2D eigenvalue weighted by atomic mass is 35.5. The van der Waals surface area contributed by atoms with Crippen LogP contribution in [-0.4, -0.2) is 12.0 Å². The lowest BCUT2D eigenvalue weighted by atomic mass is 10.0. The smallest absolute Gasteiger partial charge is 0.278 e. The van der Waals surface area contributed by atoms with Crippen molar-refractivity contribution >= 4 is 17.3 Å². The molecule has 0 radical (unpaired) electrons. The molecule has 5 nitrogen and oxygen atoms in total. The fraction of sp³-hybridized carbons (Fsp3) is 0.143. The van der Waals surface area contributed by atoms with Gasteiger partial charge in [-0.15, -0.1) is 11.6 Å². The van der Waals surface area contributed by atoms with Gasteiger partial charge in [0.25, 0.3) is 5.69 Å². The standard InChI is InChI=1S/C21H18ClNO4/c1-26-19-12-17(21(22)16-10-6-3-7-11-16)18(23(24)25)13-20(19)27-14-15-8-4-2-5-9-15/h2-13,21H,14H2,1H3. The predicted molar refractivity (Wildman–Crippen MR) is 105 cm³/mol. The average Bonchev–Trinajstić information content (AvgIpc) is 2.72. The molecule has 0 spiro atoms. The van der Waals surface area contributed by atoms with E-state index in [1.807, 2.05) is 60.7 Å². The molecule has 0 bridgehead atoms. The molecule has 1 atom stereocenters. The molecule has 0 aromatic heterocycles. The van der Waals surface area contributed by atoms with Crippen molar-refractivity contribution in [2.24, 2.45) is 0 Å². The second-order valence-electron chi connectivity index (χ2n) is 5.87. The van der Waals surface area contributed by atoms with Gasteiger partial charge in [0.1, 0.15) is 6.61 Å². The Morgan fingerprint density at radius 1 is 1.00 bits per heavy atom. The molecule has 27 heavy (non-hydrogen) atoms. The van der Waals surface area contributed by atoms with Crippen LogP contribution in [0.3, 0.4) is 0 Å². The molecular formula is C21H18ClNO4. The molecule has 3 rings (SSSR count). The molecule has 3 aromatic carbocycles. The maximum Gasteiger partial charge on any atom is 0.278 e. The molecule has 0 N–H and O–H groups in total. The Kier molecular flexibility index (Phi) is 5.94. The monoisotopic (exact) mass is 383 g/mol. The maximum atomic E-state index is 11.6. The molecular weight excluding hydrogens is 366 g/mol. The van der Waals surface area contributed by atoms with Crippen molar-refractivity contribution < 1.29 is 14.4 Å². The van der Waals surface area contributed by atoms with Crippen molar-refractivity contribution in [1.82, 2.24) is 0 Å². The number of ether oxygens (including phenoxy) is 2. The summed E-state index contributed by atoms with van der Waals surface area (Å²) < 4.78 is 11.2. The SMILES string of the molecule is COc1cc(C(Cl)c2ccccc2)c([N+](=O)[O-])cc1OCc1ccccc1. The van der Waals surface area contributed by atoms with Gasteiger partial charge in [-0.3, -0.25) is 10.1 Å². The van der Waals surface area contributed by atoms with Crippen LogP contribution < -0.4 is 9.47 Å². The molecule has 0 amide bonds. The topological polar surface area (TPSA) is 61.6 Å². The van der Waals surface area contributed by atoms with Crippen molar-refractivity contribution in [3.05, 3.63) is 99.6 Å². The largest absolute Gasteiger partial charge is 0.493 e. The van der Waals surface area contributed by atoms with Gasteiger partial charge in [-0.1, -0.05) is 60.7 Å². The van der Waals surface area contributed by atoms with E-state index in [4.69, 9.17) is 21.1 Å². The van der Waals surface area contributed by atoms with Gasteiger partial charge in [-0.2, -0.15) is 0 Å². The number of benzene rings is 3. The second-order valence-corrected chi connectivity index (χ2v) is 6.30. The Morgan fingerprint density at radius 3 is 2.22 bits per heavy atom. The molecule has 0 aliphatic heterocycles. The van der Waals surface area contributed by atoms with E-state index in [1.165, 1.54) is 13.2 Å². The van der Waals surface area contributed by atoms with Crippen molar-refractivity contribution in [3.63, 3.8) is 0 Å². The number of halogens is 1. The van der Waals surface area contributed by atoms with Crippen LogP contribution in [0.15, 0.2) is 72.8 Å². The summed E-state index contributed by atoms with van der Waals surface area (Å²) in [6.45, 7) is 0.274. The minimum Gasteiger partial charge on any atom is -0.493 e. The van der Waals surface area contributed by atoms with Crippen LogP contribution >= 0.6 is 11.6 Å². The quantitative estimate of drug-likeness (QED) is 0.306. The summed E-state index contributed by atoms with van der Waals surface area (Å²) >= 11 is 6.53.